The Morgan fingerprint density at radius 2 is 2.09 bits per heavy atom. The Kier molecular flexibility index (Phi) is 2.68. The maximum absolute atomic E-state index is 5.96. The van der Waals surface area contributed by atoms with Gasteiger partial charge in [0.2, 0.25) is 0 Å². The zero-order valence-electron chi connectivity index (χ0n) is 7.29. The van der Waals surface area contributed by atoms with Gasteiger partial charge < -0.3 is 5.73 Å². The van der Waals surface area contributed by atoms with Gasteiger partial charge in [-0.3, -0.25) is 0 Å². The molecule has 1 aromatic rings. The van der Waals surface area contributed by atoms with Gasteiger partial charge in [0.15, 0.2) is 0 Å². The molecule has 0 saturated carbocycles. The first-order valence-electron chi connectivity index (χ1n) is 3.92. The smallest absolute Gasteiger partial charge is 0.0326 e. The number of thiophene rings is 1. The van der Waals surface area contributed by atoms with E-state index in [9.17, 15) is 0 Å². The van der Waals surface area contributed by atoms with E-state index < -0.39 is 0 Å². The molecule has 0 aliphatic carbocycles. The molecular weight excluding hydrogens is 154 g/mol. The monoisotopic (exact) mass is 169 g/mol. The van der Waals surface area contributed by atoms with Crippen LogP contribution in [0.25, 0.3) is 0 Å². The lowest BCUT2D eigenvalue weighted by Gasteiger charge is -2.13. The molecule has 2 N–H and O–H groups in total. The van der Waals surface area contributed by atoms with Crippen LogP contribution in [0.5, 0.6) is 0 Å². The summed E-state index contributed by atoms with van der Waals surface area (Å²) in [6.45, 7) is 6.41. The summed E-state index contributed by atoms with van der Waals surface area (Å²) >= 11 is 1.77. The maximum Gasteiger partial charge on any atom is 0.0326 e. The predicted molar refractivity (Wildman–Crippen MR) is 50.8 cm³/mol. The predicted octanol–water partition coefficient (Wildman–Crippen LogP) is 2.71. The van der Waals surface area contributed by atoms with Crippen molar-refractivity contribution in [1.29, 1.82) is 0 Å². The second kappa shape index (κ2) is 3.37. The molecule has 0 unspecified atom stereocenters. The van der Waals surface area contributed by atoms with Crippen LogP contribution < -0.4 is 5.73 Å². The van der Waals surface area contributed by atoms with Gasteiger partial charge in [-0.25, -0.2) is 0 Å². The highest BCUT2D eigenvalue weighted by atomic mass is 32.1. The number of nitrogens with two attached hydrogens (primary N) is 1. The lowest BCUT2D eigenvalue weighted by molar-refractivity contribution is 0.515. The van der Waals surface area contributed by atoms with E-state index in [0.29, 0.717) is 5.92 Å². The van der Waals surface area contributed by atoms with E-state index in [1.807, 2.05) is 0 Å². The minimum atomic E-state index is 0.208. The van der Waals surface area contributed by atoms with Crippen molar-refractivity contribution < 1.29 is 0 Å². The number of rotatable bonds is 2. The third-order valence-electron chi connectivity index (χ3n) is 1.85. The molecule has 1 nitrogen and oxygen atoms in total. The minimum Gasteiger partial charge on any atom is -0.324 e. The summed E-state index contributed by atoms with van der Waals surface area (Å²) in [7, 11) is 0. The van der Waals surface area contributed by atoms with E-state index in [2.05, 4.69) is 32.2 Å². The molecule has 0 aromatic carbocycles. The van der Waals surface area contributed by atoms with E-state index in [1.54, 1.807) is 11.3 Å². The lowest BCUT2D eigenvalue weighted by atomic mass is 10.00. The first-order chi connectivity index (χ1) is 5.11. The van der Waals surface area contributed by atoms with Crippen molar-refractivity contribution in [3.05, 3.63) is 21.9 Å². The highest BCUT2D eigenvalue weighted by Crippen LogP contribution is 2.23. The average Bonchev–Trinajstić information content (AvgIpc) is 2.34. The normalized spacial score (nSPS) is 13.9. The van der Waals surface area contributed by atoms with Crippen molar-refractivity contribution in [3.63, 3.8) is 0 Å². The van der Waals surface area contributed by atoms with Crippen LogP contribution >= 0.6 is 11.3 Å². The van der Waals surface area contributed by atoms with Crippen molar-refractivity contribution in [2.75, 3.05) is 0 Å². The summed E-state index contributed by atoms with van der Waals surface area (Å²) in [6, 6.07) is 2.38. The number of hydrogen-bond acceptors (Lipinski definition) is 2. The van der Waals surface area contributed by atoms with E-state index >= 15 is 0 Å². The highest BCUT2D eigenvalue weighted by Gasteiger charge is 2.10. The summed E-state index contributed by atoms with van der Waals surface area (Å²) in [5.41, 5.74) is 7.24. The Morgan fingerprint density at radius 3 is 2.45 bits per heavy atom. The molecule has 1 heterocycles. The van der Waals surface area contributed by atoms with Gasteiger partial charge in [-0.05, 0) is 29.9 Å². The van der Waals surface area contributed by atoms with Gasteiger partial charge >= 0.3 is 0 Å². The van der Waals surface area contributed by atoms with Crippen molar-refractivity contribution in [1.82, 2.24) is 0 Å². The van der Waals surface area contributed by atoms with Gasteiger partial charge in [0.1, 0.15) is 0 Å². The van der Waals surface area contributed by atoms with Gasteiger partial charge in [0, 0.05) is 10.9 Å². The second-order valence-corrected chi connectivity index (χ2v) is 4.38. The molecule has 0 fully saturated rings. The van der Waals surface area contributed by atoms with E-state index in [0.717, 1.165) is 0 Å². The molecule has 62 valence electrons. The van der Waals surface area contributed by atoms with Crippen LogP contribution in [0.4, 0.5) is 0 Å². The first kappa shape index (κ1) is 8.75. The zero-order chi connectivity index (χ0) is 8.43. The fourth-order valence-electron chi connectivity index (χ4n) is 1.02. The molecule has 0 spiro atoms. The summed E-state index contributed by atoms with van der Waals surface area (Å²) < 4.78 is 0. The van der Waals surface area contributed by atoms with Crippen LogP contribution in [0, 0.1) is 12.8 Å². The zero-order valence-corrected chi connectivity index (χ0v) is 8.11. The molecule has 0 aliphatic heterocycles. The van der Waals surface area contributed by atoms with Crippen molar-refractivity contribution in [2.24, 2.45) is 11.7 Å². The van der Waals surface area contributed by atoms with Crippen molar-refractivity contribution >= 4 is 11.3 Å². The van der Waals surface area contributed by atoms with Gasteiger partial charge in [-0.2, -0.15) is 0 Å². The largest absolute Gasteiger partial charge is 0.324 e. The van der Waals surface area contributed by atoms with E-state index in [1.165, 1.54) is 10.4 Å². The fraction of sp³-hybridized carbons (Fsp3) is 0.556. The molecule has 1 atom stereocenters. The van der Waals surface area contributed by atoms with Crippen LogP contribution in [-0.4, -0.2) is 0 Å². The van der Waals surface area contributed by atoms with Crippen molar-refractivity contribution in [2.45, 2.75) is 26.8 Å². The third kappa shape index (κ3) is 2.04. The Balaban J connectivity index is 2.76. The SMILES string of the molecule is Cc1cc([C@H](N)C(C)C)cs1. The first-order valence-corrected chi connectivity index (χ1v) is 4.80. The van der Waals surface area contributed by atoms with Crippen LogP contribution in [0.1, 0.15) is 30.3 Å². The van der Waals surface area contributed by atoms with Gasteiger partial charge in [0.05, 0.1) is 0 Å². The molecule has 1 rings (SSSR count). The van der Waals surface area contributed by atoms with Crippen LogP contribution in [0.15, 0.2) is 11.4 Å². The minimum absolute atomic E-state index is 0.208. The Morgan fingerprint density at radius 1 is 1.45 bits per heavy atom. The average molecular weight is 169 g/mol. The maximum atomic E-state index is 5.96. The number of aryl methyl sites for hydroxylation is 1. The van der Waals surface area contributed by atoms with Gasteiger partial charge in [0.25, 0.3) is 0 Å². The summed E-state index contributed by atoms with van der Waals surface area (Å²) in [4.78, 5) is 1.34. The van der Waals surface area contributed by atoms with E-state index in [-0.39, 0.29) is 6.04 Å². The van der Waals surface area contributed by atoms with Crippen LogP contribution in [-0.2, 0) is 0 Å². The molecule has 0 saturated heterocycles. The quantitative estimate of drug-likeness (QED) is 0.723. The molecule has 1 aromatic heterocycles. The van der Waals surface area contributed by atoms with E-state index in [4.69, 9.17) is 5.73 Å². The second-order valence-electron chi connectivity index (χ2n) is 3.26. The van der Waals surface area contributed by atoms with Crippen LogP contribution in [0.2, 0.25) is 0 Å². The molecule has 0 amide bonds. The standard InChI is InChI=1S/C9H15NS/c1-6(2)9(10)8-4-7(3)11-5-8/h4-6,9H,10H2,1-3H3/t9-/m1/s1. The Labute approximate surface area is 72.2 Å². The summed E-state index contributed by atoms with van der Waals surface area (Å²) in [6.07, 6.45) is 0. The number of hydrogen-bond donors (Lipinski definition) is 1. The highest BCUT2D eigenvalue weighted by molar-refractivity contribution is 7.10. The summed E-state index contributed by atoms with van der Waals surface area (Å²) in [5, 5.41) is 2.15. The topological polar surface area (TPSA) is 26.0 Å². The van der Waals surface area contributed by atoms with Crippen molar-refractivity contribution in [3.8, 4) is 0 Å². The fourth-order valence-corrected chi connectivity index (χ4v) is 1.77. The van der Waals surface area contributed by atoms with Gasteiger partial charge in [-0.1, -0.05) is 13.8 Å². The third-order valence-corrected chi connectivity index (χ3v) is 2.73. The molecule has 11 heavy (non-hydrogen) atoms. The molecule has 0 radical (unpaired) electrons. The Hall–Kier alpha value is -0.340. The molecule has 0 aliphatic rings. The summed E-state index contributed by atoms with van der Waals surface area (Å²) in [5.74, 6) is 0.531. The Bertz CT molecular complexity index is 227. The molecular formula is C9H15NS. The lowest BCUT2D eigenvalue weighted by Crippen LogP contribution is -2.15. The van der Waals surface area contributed by atoms with Gasteiger partial charge in [-0.15, -0.1) is 11.3 Å². The molecule has 2 heteroatoms. The van der Waals surface area contributed by atoms with Crippen LogP contribution in [0.3, 0.4) is 0 Å². The molecule has 0 bridgehead atoms.